The summed E-state index contributed by atoms with van der Waals surface area (Å²) in [5.74, 6) is 1.80. The van der Waals surface area contributed by atoms with Gasteiger partial charge in [0.25, 0.3) is 11.5 Å². The molecule has 158 valence electrons. The third kappa shape index (κ3) is 4.86. The minimum Gasteiger partial charge on any atom is -0.461 e. The van der Waals surface area contributed by atoms with Crippen LogP contribution in [0.5, 0.6) is 0 Å². The van der Waals surface area contributed by atoms with E-state index in [2.05, 4.69) is 20.3 Å². The van der Waals surface area contributed by atoms with Crippen LogP contribution in [0.4, 0.5) is 0 Å². The molecule has 0 saturated carbocycles. The first-order valence-corrected chi connectivity index (χ1v) is 11.2. The highest BCUT2D eigenvalue weighted by atomic mass is 32.2. The van der Waals surface area contributed by atoms with Crippen molar-refractivity contribution in [3.63, 3.8) is 0 Å². The van der Waals surface area contributed by atoms with Gasteiger partial charge in [-0.3, -0.25) is 14.6 Å². The Morgan fingerprint density at radius 2 is 2.13 bits per heavy atom. The van der Waals surface area contributed by atoms with Crippen LogP contribution in [-0.4, -0.2) is 32.9 Å². The highest BCUT2D eigenvalue weighted by Crippen LogP contribution is 2.22. The minimum absolute atomic E-state index is 0.225. The van der Waals surface area contributed by atoms with Gasteiger partial charge < -0.3 is 14.7 Å². The summed E-state index contributed by atoms with van der Waals surface area (Å²) in [4.78, 5) is 36.8. The molecule has 0 aliphatic carbocycles. The van der Waals surface area contributed by atoms with Crippen LogP contribution in [0.25, 0.3) is 22.4 Å². The number of thioether (sulfide) groups is 1. The zero-order valence-corrected chi connectivity index (χ0v) is 18.0. The molecule has 3 aromatic heterocycles. The lowest BCUT2D eigenvalue weighted by molar-refractivity contribution is 0.0935. The first-order chi connectivity index (χ1) is 15.0. The maximum Gasteiger partial charge on any atom is 0.251 e. The molecule has 0 spiro atoms. The molecule has 3 heterocycles. The second-order valence-electron chi connectivity index (χ2n) is 7.18. The lowest BCUT2D eigenvalue weighted by Gasteiger charge is -2.18. The molecule has 1 amide bonds. The fourth-order valence-corrected chi connectivity index (χ4v) is 3.85. The lowest BCUT2D eigenvalue weighted by Crippen LogP contribution is -2.30. The van der Waals surface area contributed by atoms with E-state index < -0.39 is 6.04 Å². The molecule has 2 N–H and O–H groups in total. The molecule has 0 aliphatic rings. The van der Waals surface area contributed by atoms with E-state index in [9.17, 15) is 9.59 Å². The third-order valence-corrected chi connectivity index (χ3v) is 5.52. The molecule has 0 radical (unpaired) electrons. The molecule has 0 aliphatic heterocycles. The summed E-state index contributed by atoms with van der Waals surface area (Å²) < 4.78 is 5.59. The SMILES string of the molecule is CSCC[C@H](NC(=O)c1ccc2oc(C)cc2c1)c1cc(=O)[nH]c(-c2cccnc2)n1. The van der Waals surface area contributed by atoms with Crippen molar-refractivity contribution in [2.45, 2.75) is 19.4 Å². The summed E-state index contributed by atoms with van der Waals surface area (Å²) >= 11 is 1.67. The van der Waals surface area contributed by atoms with Gasteiger partial charge in [-0.1, -0.05) is 0 Å². The van der Waals surface area contributed by atoms with Crippen LogP contribution in [0, 0.1) is 6.92 Å². The predicted molar refractivity (Wildman–Crippen MR) is 122 cm³/mol. The second-order valence-corrected chi connectivity index (χ2v) is 8.16. The fraction of sp³-hybridized carbons (Fsp3) is 0.217. The Morgan fingerprint density at radius 1 is 1.26 bits per heavy atom. The Bertz CT molecular complexity index is 1270. The molecular weight excluding hydrogens is 412 g/mol. The maximum atomic E-state index is 13.0. The van der Waals surface area contributed by atoms with Gasteiger partial charge in [0.05, 0.1) is 11.7 Å². The normalized spacial score (nSPS) is 12.1. The smallest absolute Gasteiger partial charge is 0.251 e. The maximum absolute atomic E-state index is 13.0. The van der Waals surface area contributed by atoms with Gasteiger partial charge in [-0.2, -0.15) is 11.8 Å². The van der Waals surface area contributed by atoms with Gasteiger partial charge in [0.15, 0.2) is 0 Å². The minimum atomic E-state index is -0.403. The van der Waals surface area contributed by atoms with E-state index in [-0.39, 0.29) is 11.5 Å². The first-order valence-electron chi connectivity index (χ1n) is 9.85. The Labute approximate surface area is 183 Å². The number of furan rings is 1. The van der Waals surface area contributed by atoms with Gasteiger partial charge in [0.1, 0.15) is 17.2 Å². The van der Waals surface area contributed by atoms with E-state index in [1.165, 1.54) is 6.07 Å². The van der Waals surface area contributed by atoms with Crippen molar-refractivity contribution in [3.05, 3.63) is 82.2 Å². The van der Waals surface area contributed by atoms with E-state index in [1.54, 1.807) is 48.4 Å². The van der Waals surface area contributed by atoms with E-state index in [0.29, 0.717) is 29.1 Å². The summed E-state index contributed by atoms with van der Waals surface area (Å²) in [7, 11) is 0. The van der Waals surface area contributed by atoms with Gasteiger partial charge >= 0.3 is 0 Å². The number of hydrogen-bond acceptors (Lipinski definition) is 6. The lowest BCUT2D eigenvalue weighted by atomic mass is 10.1. The molecule has 0 fully saturated rings. The quantitative estimate of drug-likeness (QED) is 0.454. The molecule has 1 atom stereocenters. The summed E-state index contributed by atoms with van der Waals surface area (Å²) in [6.07, 6.45) is 5.94. The number of carbonyl (C=O) groups excluding carboxylic acids is 1. The van der Waals surface area contributed by atoms with E-state index >= 15 is 0 Å². The number of aromatic amines is 1. The number of aromatic nitrogens is 3. The Balaban J connectivity index is 1.64. The number of aryl methyl sites for hydroxylation is 1. The molecule has 4 rings (SSSR count). The van der Waals surface area contributed by atoms with Crippen LogP contribution >= 0.6 is 11.8 Å². The highest BCUT2D eigenvalue weighted by molar-refractivity contribution is 7.98. The second kappa shape index (κ2) is 9.18. The monoisotopic (exact) mass is 434 g/mol. The van der Waals surface area contributed by atoms with Crippen LogP contribution in [-0.2, 0) is 0 Å². The van der Waals surface area contributed by atoms with Crippen LogP contribution in [0.3, 0.4) is 0 Å². The van der Waals surface area contributed by atoms with Gasteiger partial charge in [-0.25, -0.2) is 4.98 Å². The number of fused-ring (bicyclic) bond motifs is 1. The van der Waals surface area contributed by atoms with Crippen molar-refractivity contribution in [3.8, 4) is 11.4 Å². The Hall–Kier alpha value is -3.39. The topological polar surface area (TPSA) is 101 Å². The number of rotatable bonds is 7. The van der Waals surface area contributed by atoms with E-state index in [1.807, 2.05) is 25.3 Å². The van der Waals surface area contributed by atoms with E-state index in [4.69, 9.17) is 4.42 Å². The average Bonchev–Trinajstić information content (AvgIpc) is 3.15. The van der Waals surface area contributed by atoms with Crippen molar-refractivity contribution >= 4 is 28.6 Å². The first kappa shape index (κ1) is 20.9. The molecule has 8 heteroatoms. The average molecular weight is 435 g/mol. The number of nitrogens with zero attached hydrogens (tertiary/aromatic N) is 2. The molecule has 0 bridgehead atoms. The van der Waals surface area contributed by atoms with Crippen LogP contribution in [0.15, 0.2) is 64.1 Å². The Kier molecular flexibility index (Phi) is 6.18. The predicted octanol–water partition coefficient (Wildman–Crippen LogP) is 4.11. The van der Waals surface area contributed by atoms with E-state index in [0.717, 1.165) is 22.5 Å². The van der Waals surface area contributed by atoms with Crippen molar-refractivity contribution in [2.75, 3.05) is 12.0 Å². The highest BCUT2D eigenvalue weighted by Gasteiger charge is 2.19. The molecule has 31 heavy (non-hydrogen) atoms. The molecule has 4 aromatic rings. The van der Waals surface area contributed by atoms with Crippen LogP contribution < -0.4 is 10.9 Å². The largest absolute Gasteiger partial charge is 0.461 e. The molecule has 0 saturated heterocycles. The third-order valence-electron chi connectivity index (χ3n) is 4.87. The molecule has 0 unspecified atom stereocenters. The van der Waals surface area contributed by atoms with Crippen molar-refractivity contribution in [1.82, 2.24) is 20.3 Å². The standard InChI is InChI=1S/C23H22N4O3S/c1-14-10-17-11-15(5-6-20(17)30-14)23(29)26-18(7-9-31-2)19-12-21(28)27-22(25-19)16-4-3-8-24-13-16/h3-6,8,10-13,18H,7,9H2,1-2H3,(H,26,29)(H,25,27,28)/t18-/m0/s1. The number of hydrogen-bond donors (Lipinski definition) is 2. The number of amides is 1. The number of benzene rings is 1. The Morgan fingerprint density at radius 3 is 2.90 bits per heavy atom. The zero-order chi connectivity index (χ0) is 21.8. The summed E-state index contributed by atoms with van der Waals surface area (Å²) in [5.41, 5.74) is 2.22. The van der Waals surface area contributed by atoms with Crippen molar-refractivity contribution < 1.29 is 9.21 Å². The van der Waals surface area contributed by atoms with Gasteiger partial charge in [-0.15, -0.1) is 0 Å². The van der Waals surface area contributed by atoms with Crippen LogP contribution in [0.1, 0.15) is 34.3 Å². The zero-order valence-electron chi connectivity index (χ0n) is 17.2. The molecule has 7 nitrogen and oxygen atoms in total. The fourth-order valence-electron chi connectivity index (χ4n) is 3.38. The number of carbonyl (C=O) groups is 1. The summed E-state index contributed by atoms with van der Waals surface area (Å²) in [6, 6.07) is 11.9. The van der Waals surface area contributed by atoms with Crippen molar-refractivity contribution in [1.29, 1.82) is 0 Å². The van der Waals surface area contributed by atoms with Gasteiger partial charge in [0.2, 0.25) is 0 Å². The van der Waals surface area contributed by atoms with Crippen LogP contribution in [0.2, 0.25) is 0 Å². The summed E-state index contributed by atoms with van der Waals surface area (Å²) in [5, 5.41) is 3.92. The number of H-pyrrole nitrogens is 1. The van der Waals surface area contributed by atoms with Gasteiger partial charge in [0, 0.05) is 35.0 Å². The molecular formula is C23H22N4O3S. The molecule has 1 aromatic carbocycles. The van der Waals surface area contributed by atoms with Gasteiger partial charge in [-0.05, 0) is 61.8 Å². The number of nitrogens with one attached hydrogen (secondary N) is 2. The summed E-state index contributed by atoms with van der Waals surface area (Å²) in [6.45, 7) is 1.87. The number of pyridine rings is 1. The van der Waals surface area contributed by atoms with Crippen molar-refractivity contribution in [2.24, 2.45) is 0 Å².